The van der Waals surface area contributed by atoms with Gasteiger partial charge in [-0.3, -0.25) is 22.8 Å². The fourth-order valence-corrected chi connectivity index (χ4v) is 12.9. The molecule has 6 heterocycles. The largest absolute Gasteiger partial charge is 0.397 e. The zero-order valence-corrected chi connectivity index (χ0v) is 49.6. The maximum Gasteiger partial charge on any atom is 0.397 e. The second-order valence-electron chi connectivity index (χ2n) is 20.8. The van der Waals surface area contributed by atoms with Gasteiger partial charge in [-0.1, -0.05) is 0 Å². The average Bonchev–Trinajstić information content (AvgIpc) is 2.25. The highest BCUT2D eigenvalue weighted by atomic mass is 32.3. The third-order valence-electron chi connectivity index (χ3n) is 14.7. The van der Waals surface area contributed by atoms with Crippen molar-refractivity contribution < 1.29 is 199 Å². The highest BCUT2D eigenvalue weighted by molar-refractivity contribution is 7.81. The zero-order valence-electron chi connectivity index (χ0n) is 45.5. The number of ether oxygens (including phenoxy) is 11. The Balaban J connectivity index is 1.18. The van der Waals surface area contributed by atoms with E-state index in [1.165, 1.54) is 13.8 Å². The molecule has 6 aliphatic rings. The minimum Gasteiger partial charge on any atom is -0.394 e. The summed E-state index contributed by atoms with van der Waals surface area (Å²) in [5.41, 5.74) is 0. The van der Waals surface area contributed by atoms with Crippen molar-refractivity contribution in [3.63, 3.8) is 0 Å². The second kappa shape index (κ2) is 30.4. The SMILES string of the molecule is CC1OC(CO[C@@H]2OC(CO[C@@H]3OC(CO)[C@H](O)C(OS(=O)(=O)O)C3O)[C@H](O)C(OS(=O)(=O)O)C2O)[C@H](CO[C@@H]2OC(CO)[C@H](O)C(CO[C@@H]3OC(C)[C@H](CO[C@@H]4OC(C)[C@H](O)C(OS(=O)(=O)O)C4O)C(OS(=O)(=O)O)C3O)C2O)C(OS(=O)(=O)O)C1O. The van der Waals surface area contributed by atoms with Gasteiger partial charge in [0.1, 0.15) is 104 Å². The first-order valence-corrected chi connectivity index (χ1v) is 32.7. The molecule has 0 radical (unpaired) electrons. The summed E-state index contributed by atoms with van der Waals surface area (Å²) in [4.78, 5) is 0. The van der Waals surface area contributed by atoms with Crippen LogP contribution >= 0.6 is 0 Å². The normalized spacial score (nSPS) is 44.4. The van der Waals surface area contributed by atoms with E-state index in [9.17, 15) is 126 Å². The number of rotatable bonds is 27. The number of hydrogen-bond acceptors (Lipinski definition) is 38. The number of hydrogen-bond donors (Lipinski definition) is 17. The lowest BCUT2D eigenvalue weighted by Gasteiger charge is -2.47. The van der Waals surface area contributed by atoms with Gasteiger partial charge in [0.05, 0.1) is 76.8 Å². The van der Waals surface area contributed by atoms with Gasteiger partial charge < -0.3 is 113 Å². The predicted octanol–water partition coefficient (Wildman–Crippen LogP) is -11.1. The van der Waals surface area contributed by atoms with Crippen LogP contribution in [0.5, 0.6) is 0 Å². The molecule has 88 heavy (non-hydrogen) atoms. The summed E-state index contributed by atoms with van der Waals surface area (Å²) in [6.45, 7) is -3.55. The number of aliphatic hydroxyl groups excluding tert-OH is 12. The highest BCUT2D eigenvalue weighted by Gasteiger charge is 2.56. The van der Waals surface area contributed by atoms with Crippen LogP contribution in [0.2, 0.25) is 0 Å². The van der Waals surface area contributed by atoms with E-state index < -0.39 is 282 Å². The zero-order chi connectivity index (χ0) is 66.1. The lowest BCUT2D eigenvalue weighted by Crippen LogP contribution is -2.63. The van der Waals surface area contributed by atoms with E-state index in [1.807, 2.05) is 0 Å². The van der Waals surface area contributed by atoms with E-state index in [1.54, 1.807) is 0 Å². The van der Waals surface area contributed by atoms with Crippen LogP contribution in [-0.2, 0) is 125 Å². The topological polar surface area (TPSA) is 662 Å². The smallest absolute Gasteiger partial charge is 0.394 e. The summed E-state index contributed by atoms with van der Waals surface area (Å²) in [6, 6.07) is 0. The third-order valence-corrected chi connectivity index (χ3v) is 17.1. The second-order valence-corrected chi connectivity index (χ2v) is 26.0. The molecule has 518 valence electrons. The molecule has 43 nitrogen and oxygen atoms in total. The van der Waals surface area contributed by atoms with Gasteiger partial charge in [-0.15, -0.1) is 0 Å². The first kappa shape index (κ1) is 75.5. The highest BCUT2D eigenvalue weighted by Crippen LogP contribution is 2.38. The molecule has 19 unspecified atom stereocenters. The molecule has 0 spiro atoms. The Hall–Kier alpha value is -1.57. The van der Waals surface area contributed by atoms with E-state index >= 15 is 0 Å². The van der Waals surface area contributed by atoms with Crippen molar-refractivity contribution in [2.24, 2.45) is 17.8 Å². The Labute approximate surface area is 499 Å². The van der Waals surface area contributed by atoms with Crippen molar-refractivity contribution in [3.8, 4) is 0 Å². The monoisotopic (exact) mass is 1400 g/mol. The summed E-state index contributed by atoms with van der Waals surface area (Å²) >= 11 is 0. The molecule has 17 N–H and O–H groups in total. The number of aliphatic hydroxyl groups is 12. The van der Waals surface area contributed by atoms with Crippen molar-refractivity contribution in [3.05, 3.63) is 0 Å². The third kappa shape index (κ3) is 19.8. The minimum absolute atomic E-state index is 0.828. The molecule has 0 saturated carbocycles. The fourth-order valence-electron chi connectivity index (χ4n) is 10.3. The quantitative estimate of drug-likeness (QED) is 0.0340. The van der Waals surface area contributed by atoms with Gasteiger partial charge in [0.25, 0.3) is 0 Å². The summed E-state index contributed by atoms with van der Waals surface area (Å²) in [6.07, 6.45) is -54.6. The Morgan fingerprint density at radius 1 is 0.284 bits per heavy atom. The lowest BCUT2D eigenvalue weighted by atomic mass is 9.87. The van der Waals surface area contributed by atoms with Crippen LogP contribution in [-0.4, -0.2) is 338 Å². The Morgan fingerprint density at radius 3 is 1.01 bits per heavy atom. The van der Waals surface area contributed by atoms with Crippen LogP contribution in [0.25, 0.3) is 0 Å². The molecule has 6 saturated heterocycles. The van der Waals surface area contributed by atoms with Gasteiger partial charge in [0, 0.05) is 17.8 Å². The molecule has 0 aliphatic carbocycles. The van der Waals surface area contributed by atoms with Crippen molar-refractivity contribution in [2.45, 2.75) is 187 Å². The van der Waals surface area contributed by atoms with Crippen LogP contribution in [0.1, 0.15) is 20.8 Å². The van der Waals surface area contributed by atoms with Crippen LogP contribution < -0.4 is 0 Å². The molecular formula is C40H70O43S5. The molecule has 0 bridgehead atoms. The molecule has 6 aliphatic heterocycles. The van der Waals surface area contributed by atoms with E-state index in [4.69, 9.17) is 60.5 Å². The van der Waals surface area contributed by atoms with Crippen LogP contribution in [0.4, 0.5) is 0 Å². The molecule has 0 aromatic heterocycles. The van der Waals surface area contributed by atoms with E-state index in [0.29, 0.717) is 0 Å². The van der Waals surface area contributed by atoms with Gasteiger partial charge in [0.15, 0.2) is 31.5 Å². The van der Waals surface area contributed by atoms with E-state index in [-0.39, 0.29) is 0 Å². The van der Waals surface area contributed by atoms with Crippen LogP contribution in [0.3, 0.4) is 0 Å². The van der Waals surface area contributed by atoms with Crippen molar-refractivity contribution in [1.82, 2.24) is 0 Å². The molecule has 0 amide bonds. The molecule has 6 rings (SSSR count). The van der Waals surface area contributed by atoms with Gasteiger partial charge >= 0.3 is 52.0 Å². The molecule has 6 fully saturated rings. The van der Waals surface area contributed by atoms with Crippen LogP contribution in [0, 0.1) is 17.8 Å². The van der Waals surface area contributed by atoms with Gasteiger partial charge in [-0.2, -0.15) is 42.1 Å². The Bertz CT molecular complexity index is 2820. The molecule has 0 aromatic carbocycles. The van der Waals surface area contributed by atoms with Crippen molar-refractivity contribution in [1.29, 1.82) is 0 Å². The van der Waals surface area contributed by atoms with E-state index in [0.717, 1.165) is 6.92 Å². The molecule has 0 aromatic rings. The summed E-state index contributed by atoms with van der Waals surface area (Å²) in [5.74, 6) is -4.98. The van der Waals surface area contributed by atoms with Crippen molar-refractivity contribution in [2.75, 3.05) is 46.2 Å². The average molecular weight is 1400 g/mol. The molecule has 30 atom stereocenters. The summed E-state index contributed by atoms with van der Waals surface area (Å²) in [5, 5.41) is 130. The van der Waals surface area contributed by atoms with Gasteiger partial charge in [-0.05, 0) is 20.8 Å². The summed E-state index contributed by atoms with van der Waals surface area (Å²) < 4.78 is 250. The lowest BCUT2D eigenvalue weighted by molar-refractivity contribution is -0.334. The summed E-state index contributed by atoms with van der Waals surface area (Å²) in [7, 11) is -27.3. The standard InChI is InChI=1S/C40H70O43S5/c1-11-14(6-68-38-28(50)33(81-86(59,60)61)22(44)13(3)75-38)31(79-84(53,54)55)27(49)37(74-11)70-8-16-23(45)17(4-41)76-36(24(16)46)69-7-15-19(73-12(2)21(43)32(15)80-85(56,57)58)9-71-40-30(52)35(83-88(65,66)67)26(48)20(78-40)10-72-39-29(51)34(82-87(62,63)64)25(47)18(5-42)77-39/h11-52H,4-10H2,1-3H3,(H,53,54,55)(H,56,57,58)(H,59,60,61)(H,62,63,64)(H,65,66,67)/t11?,12?,13?,14-,15-,16?,17?,18?,19?,20?,21?,22-,23+,24?,25-,26-,27?,28?,29?,30?,31?,32?,33?,34?,35?,36+,37+,38+,39+,40+/m0/s1. The predicted molar refractivity (Wildman–Crippen MR) is 266 cm³/mol. The minimum atomic E-state index is -5.60. The van der Waals surface area contributed by atoms with E-state index in [2.05, 4.69) is 12.5 Å². The molecule has 48 heteroatoms. The maximum atomic E-state index is 12.2. The molecular weight excluding hydrogens is 1330 g/mol. The van der Waals surface area contributed by atoms with Crippen molar-refractivity contribution >= 4 is 52.0 Å². The maximum absolute atomic E-state index is 12.2. The fraction of sp³-hybridized carbons (Fsp3) is 1.00. The first-order valence-electron chi connectivity index (χ1n) is 25.8. The Kier molecular flexibility index (Phi) is 26.1. The Morgan fingerprint density at radius 2 is 0.568 bits per heavy atom. The van der Waals surface area contributed by atoms with Crippen LogP contribution in [0.15, 0.2) is 0 Å². The van der Waals surface area contributed by atoms with Gasteiger partial charge in [0.2, 0.25) is 0 Å². The first-order chi connectivity index (χ1) is 40.5. The van der Waals surface area contributed by atoms with Gasteiger partial charge in [-0.25, -0.2) is 20.9 Å².